The number of hydrogen-bond donors (Lipinski definition) is 0. The lowest BCUT2D eigenvalue weighted by Gasteiger charge is -2.19. The van der Waals surface area contributed by atoms with Crippen LogP contribution >= 0.6 is 0 Å². The first-order chi connectivity index (χ1) is 31.7. The van der Waals surface area contributed by atoms with Gasteiger partial charge in [0.1, 0.15) is 0 Å². The van der Waals surface area contributed by atoms with Crippen molar-refractivity contribution in [3.05, 3.63) is 231 Å². The molecule has 14 aromatic rings. The van der Waals surface area contributed by atoms with E-state index in [0.717, 1.165) is 0 Å². The molecule has 0 nitrogen and oxygen atoms in total. The fourth-order valence-electron chi connectivity index (χ4n) is 11.2. The van der Waals surface area contributed by atoms with E-state index in [1.807, 2.05) is 0 Å². The van der Waals surface area contributed by atoms with Gasteiger partial charge in [-0.25, -0.2) is 0 Å². The van der Waals surface area contributed by atoms with Crippen LogP contribution in [-0.2, 0) is 0 Å². The smallest absolute Gasteiger partial charge is 0.00203 e. The SMILES string of the molecule is c1ccc2c(-c3ccc4c(c3)c(-c3ccc5ccc6c(-c7cc8ccccc8c8ccc(-c9cccc%10ccccc9%10)cc78)ccc7ccc3c5c76)cc3ccccc34)cccc2c1. The minimum absolute atomic E-state index is 1.23. The normalized spacial score (nSPS) is 12.1. The maximum atomic E-state index is 2.44. The van der Waals surface area contributed by atoms with Crippen LogP contribution in [0.5, 0.6) is 0 Å². The molecular weight excluding hydrogens is 769 g/mol. The van der Waals surface area contributed by atoms with Crippen molar-refractivity contribution in [3.63, 3.8) is 0 Å². The third-order valence-electron chi connectivity index (χ3n) is 14.2. The van der Waals surface area contributed by atoms with Gasteiger partial charge < -0.3 is 0 Å². The minimum Gasteiger partial charge on any atom is -0.0616 e. The molecule has 0 aliphatic rings. The highest BCUT2D eigenvalue weighted by Gasteiger charge is 2.20. The molecule has 14 aromatic carbocycles. The topological polar surface area (TPSA) is 0 Å². The zero-order chi connectivity index (χ0) is 41.9. The summed E-state index contributed by atoms with van der Waals surface area (Å²) in [5.41, 5.74) is 10.0. The van der Waals surface area contributed by atoms with Crippen molar-refractivity contribution in [2.45, 2.75) is 0 Å². The van der Waals surface area contributed by atoms with Crippen LogP contribution in [0.3, 0.4) is 0 Å². The highest BCUT2D eigenvalue weighted by atomic mass is 14.2. The second-order valence-corrected chi connectivity index (χ2v) is 17.5. The Hall–Kier alpha value is -8.32. The lowest BCUT2D eigenvalue weighted by molar-refractivity contribution is 1.67. The summed E-state index contributed by atoms with van der Waals surface area (Å²) in [6.07, 6.45) is 0. The van der Waals surface area contributed by atoms with E-state index in [0.29, 0.717) is 0 Å². The Kier molecular flexibility index (Phi) is 7.49. The molecule has 0 saturated heterocycles. The van der Waals surface area contributed by atoms with Crippen LogP contribution < -0.4 is 0 Å². The van der Waals surface area contributed by atoms with Gasteiger partial charge in [-0.15, -0.1) is 0 Å². The second kappa shape index (κ2) is 13.6. The minimum atomic E-state index is 1.23. The Labute approximate surface area is 370 Å². The average Bonchev–Trinajstić information content (AvgIpc) is 3.36. The Morgan fingerprint density at radius 2 is 0.531 bits per heavy atom. The van der Waals surface area contributed by atoms with Gasteiger partial charge in [-0.1, -0.05) is 206 Å². The van der Waals surface area contributed by atoms with Crippen LogP contribution in [0.4, 0.5) is 0 Å². The molecule has 0 heterocycles. The van der Waals surface area contributed by atoms with Gasteiger partial charge in [-0.2, -0.15) is 0 Å². The van der Waals surface area contributed by atoms with E-state index in [9.17, 15) is 0 Å². The molecule has 0 unspecified atom stereocenters. The molecule has 0 atom stereocenters. The summed E-state index contributed by atoms with van der Waals surface area (Å²) in [6.45, 7) is 0. The Balaban J connectivity index is 1.03. The van der Waals surface area contributed by atoms with Crippen LogP contribution in [0.15, 0.2) is 231 Å². The Morgan fingerprint density at radius 1 is 0.156 bits per heavy atom. The van der Waals surface area contributed by atoms with Gasteiger partial charge in [0, 0.05) is 0 Å². The summed E-state index contributed by atoms with van der Waals surface area (Å²) in [5.74, 6) is 0. The third-order valence-corrected chi connectivity index (χ3v) is 14.2. The molecule has 0 radical (unpaired) electrons. The van der Waals surface area contributed by atoms with Gasteiger partial charge in [0.15, 0.2) is 0 Å². The molecule has 14 rings (SSSR count). The molecule has 0 aliphatic heterocycles. The fourth-order valence-corrected chi connectivity index (χ4v) is 11.2. The van der Waals surface area contributed by atoms with E-state index in [1.165, 1.54) is 141 Å². The zero-order valence-electron chi connectivity index (χ0n) is 34.9. The Morgan fingerprint density at radius 3 is 1.00 bits per heavy atom. The molecule has 64 heavy (non-hydrogen) atoms. The molecule has 0 N–H and O–H groups in total. The van der Waals surface area contributed by atoms with Crippen molar-refractivity contribution in [1.82, 2.24) is 0 Å². The van der Waals surface area contributed by atoms with Crippen molar-refractivity contribution >= 4 is 97.0 Å². The molecule has 0 heteroatoms. The molecule has 0 fully saturated rings. The fraction of sp³-hybridized carbons (Fsp3) is 0. The van der Waals surface area contributed by atoms with E-state index in [1.54, 1.807) is 0 Å². The highest BCUT2D eigenvalue weighted by molar-refractivity contribution is 6.30. The molecule has 0 saturated carbocycles. The number of fused-ring (bicyclic) bond motifs is 8. The van der Waals surface area contributed by atoms with E-state index in [2.05, 4.69) is 231 Å². The van der Waals surface area contributed by atoms with Crippen molar-refractivity contribution < 1.29 is 0 Å². The lowest BCUT2D eigenvalue weighted by atomic mass is 9.84. The van der Waals surface area contributed by atoms with Gasteiger partial charge in [0.05, 0.1) is 0 Å². The highest BCUT2D eigenvalue weighted by Crippen LogP contribution is 2.47. The van der Waals surface area contributed by atoms with Crippen molar-refractivity contribution in [1.29, 1.82) is 0 Å². The zero-order valence-corrected chi connectivity index (χ0v) is 34.9. The number of hydrogen-bond acceptors (Lipinski definition) is 0. The summed E-state index contributed by atoms with van der Waals surface area (Å²) in [4.78, 5) is 0. The van der Waals surface area contributed by atoms with Gasteiger partial charge in [-0.3, -0.25) is 0 Å². The largest absolute Gasteiger partial charge is 0.0616 e. The average molecular weight is 807 g/mol. The molecule has 0 aromatic heterocycles. The standard InChI is InChI=1S/C64H38/c1-5-17-47-39(11-1)15-9-21-49(47)45-27-31-53-51-19-7-3-13-43(51)35-61(59(53)37-45)55-29-23-41-26-34-58-56(30-24-42-25-33-57(55)63(41)64(42)58)62-36-44-14-4-8-20-52(44)54-32-28-46(38-60(54)62)50-22-10-16-40-12-2-6-18-48(40)50/h1-38H. The van der Waals surface area contributed by atoms with Crippen LogP contribution in [0.1, 0.15) is 0 Å². The van der Waals surface area contributed by atoms with Gasteiger partial charge in [0.25, 0.3) is 0 Å². The number of rotatable bonds is 4. The first kappa shape index (κ1) is 35.3. The summed E-state index contributed by atoms with van der Waals surface area (Å²) in [7, 11) is 0. The maximum Gasteiger partial charge on any atom is -0.00203 e. The van der Waals surface area contributed by atoms with E-state index >= 15 is 0 Å². The first-order valence-electron chi connectivity index (χ1n) is 22.3. The molecule has 0 amide bonds. The molecular formula is C64H38. The quantitative estimate of drug-likeness (QED) is 0.155. The summed E-state index contributed by atoms with van der Waals surface area (Å²) in [6, 6.07) is 86.4. The summed E-state index contributed by atoms with van der Waals surface area (Å²) in [5, 5.41) is 22.9. The molecule has 0 spiro atoms. The van der Waals surface area contributed by atoms with Crippen molar-refractivity contribution in [2.24, 2.45) is 0 Å². The number of benzene rings is 14. The van der Waals surface area contributed by atoms with E-state index in [4.69, 9.17) is 0 Å². The van der Waals surface area contributed by atoms with Crippen molar-refractivity contribution in [2.75, 3.05) is 0 Å². The van der Waals surface area contributed by atoms with Crippen LogP contribution in [0, 0.1) is 0 Å². The van der Waals surface area contributed by atoms with E-state index < -0.39 is 0 Å². The third kappa shape index (κ3) is 5.17. The van der Waals surface area contributed by atoms with E-state index in [-0.39, 0.29) is 0 Å². The van der Waals surface area contributed by atoms with Gasteiger partial charge >= 0.3 is 0 Å². The predicted octanol–water partition coefficient (Wildman–Crippen LogP) is 18.2. The second-order valence-electron chi connectivity index (χ2n) is 17.5. The van der Waals surface area contributed by atoms with Crippen LogP contribution in [0.25, 0.3) is 141 Å². The Bertz CT molecular complexity index is 3960. The van der Waals surface area contributed by atoms with Gasteiger partial charge in [-0.05, 0) is 166 Å². The van der Waals surface area contributed by atoms with Crippen LogP contribution in [-0.4, -0.2) is 0 Å². The van der Waals surface area contributed by atoms with Crippen molar-refractivity contribution in [3.8, 4) is 44.5 Å². The van der Waals surface area contributed by atoms with Crippen LogP contribution in [0.2, 0.25) is 0 Å². The molecule has 294 valence electrons. The molecule has 0 bridgehead atoms. The van der Waals surface area contributed by atoms with Gasteiger partial charge in [0.2, 0.25) is 0 Å². The first-order valence-corrected chi connectivity index (χ1v) is 22.3. The lowest BCUT2D eigenvalue weighted by Crippen LogP contribution is -1.92. The summed E-state index contributed by atoms with van der Waals surface area (Å²) < 4.78 is 0. The maximum absolute atomic E-state index is 2.44. The summed E-state index contributed by atoms with van der Waals surface area (Å²) >= 11 is 0. The monoisotopic (exact) mass is 806 g/mol. The predicted molar refractivity (Wildman–Crippen MR) is 277 cm³/mol. The molecule has 0 aliphatic carbocycles.